The van der Waals surface area contributed by atoms with Crippen LogP contribution in [0.5, 0.6) is 5.75 Å². The van der Waals surface area contributed by atoms with Crippen LogP contribution in [0, 0.1) is 0 Å². The zero-order valence-corrected chi connectivity index (χ0v) is 12.2. The van der Waals surface area contributed by atoms with Crippen LogP contribution in [0.3, 0.4) is 0 Å². The summed E-state index contributed by atoms with van der Waals surface area (Å²) in [7, 11) is 1.58. The summed E-state index contributed by atoms with van der Waals surface area (Å²) in [6.07, 6.45) is 0.778. The lowest BCUT2D eigenvalue weighted by atomic mass is 10.1. The Morgan fingerprint density at radius 3 is 2.74 bits per heavy atom. The van der Waals surface area contributed by atoms with Crippen molar-refractivity contribution < 1.29 is 19.4 Å². The number of amides is 1. The number of hydrogen-bond acceptors (Lipinski definition) is 3. The highest BCUT2D eigenvalue weighted by Gasteiger charge is 2.07. The second kappa shape index (κ2) is 7.78. The number of rotatable bonds is 7. The van der Waals surface area contributed by atoms with E-state index >= 15 is 0 Å². The van der Waals surface area contributed by atoms with Gasteiger partial charge in [-0.25, -0.2) is 0 Å². The number of aliphatic carboxylic acids is 1. The number of halogens is 1. The quantitative estimate of drug-likeness (QED) is 0.802. The summed E-state index contributed by atoms with van der Waals surface area (Å²) < 4.78 is 6.14. The molecule has 0 fully saturated rings. The maximum atomic E-state index is 11.5. The predicted molar refractivity (Wildman–Crippen MR) is 74.3 cm³/mol. The summed E-state index contributed by atoms with van der Waals surface area (Å²) in [4.78, 5) is 21.8. The summed E-state index contributed by atoms with van der Waals surface area (Å²) in [5, 5.41) is 11.0. The molecule has 5 nitrogen and oxygen atoms in total. The van der Waals surface area contributed by atoms with Crippen LogP contribution in [0.25, 0.3) is 0 Å². The van der Waals surface area contributed by atoms with Crippen molar-refractivity contribution in [1.29, 1.82) is 0 Å². The molecule has 0 heterocycles. The molecule has 2 N–H and O–H groups in total. The van der Waals surface area contributed by atoms with Gasteiger partial charge in [-0.15, -0.1) is 0 Å². The van der Waals surface area contributed by atoms with Gasteiger partial charge in [-0.2, -0.15) is 0 Å². The van der Waals surface area contributed by atoms with Gasteiger partial charge in [0.25, 0.3) is 0 Å². The first-order valence-electron chi connectivity index (χ1n) is 5.84. The molecule has 0 saturated carbocycles. The molecule has 1 aromatic carbocycles. The number of nitrogens with one attached hydrogen (secondary N) is 1. The number of carbonyl (C=O) groups excluding carboxylic acids is 1. The molecule has 0 radical (unpaired) electrons. The summed E-state index contributed by atoms with van der Waals surface area (Å²) >= 11 is 3.37. The topological polar surface area (TPSA) is 75.6 Å². The van der Waals surface area contributed by atoms with Crippen molar-refractivity contribution >= 4 is 27.8 Å². The van der Waals surface area contributed by atoms with Crippen LogP contribution in [0.4, 0.5) is 0 Å². The molecule has 1 amide bonds. The van der Waals surface area contributed by atoms with E-state index in [2.05, 4.69) is 21.2 Å². The number of ether oxygens (including phenoxy) is 1. The lowest BCUT2D eigenvalue weighted by molar-refractivity contribution is -0.136. The first-order valence-corrected chi connectivity index (χ1v) is 6.63. The van der Waals surface area contributed by atoms with Crippen LogP contribution in [0.1, 0.15) is 18.4 Å². The Hall–Kier alpha value is -1.56. The summed E-state index contributed by atoms with van der Waals surface area (Å²) in [5.74, 6) is -0.348. The molecule has 1 rings (SSSR count). The van der Waals surface area contributed by atoms with Gasteiger partial charge in [-0.1, -0.05) is 15.9 Å². The Balaban J connectivity index is 2.45. The molecular weight excluding hydrogens is 314 g/mol. The van der Waals surface area contributed by atoms with E-state index in [0.29, 0.717) is 12.8 Å². The van der Waals surface area contributed by atoms with Crippen molar-refractivity contribution in [3.63, 3.8) is 0 Å². The summed E-state index contributed by atoms with van der Waals surface area (Å²) in [5.41, 5.74) is 0.935. The number of methoxy groups -OCH3 is 1. The molecular formula is C13H16BrNO4. The Labute approximate surface area is 120 Å². The third-order valence-corrected chi connectivity index (χ3v) is 3.02. The summed E-state index contributed by atoms with van der Waals surface area (Å²) in [6.45, 7) is 0.157. The standard InChI is InChI=1S/C13H16BrNO4/c1-19-11-4-3-10(14)8-9(11)2-5-12(16)15-7-6-13(17)18/h3-4,8H,2,5-7H2,1H3,(H,15,16)(H,17,18). The largest absolute Gasteiger partial charge is 0.496 e. The van der Waals surface area contributed by atoms with Crippen molar-refractivity contribution in [2.24, 2.45) is 0 Å². The highest BCUT2D eigenvalue weighted by atomic mass is 79.9. The maximum Gasteiger partial charge on any atom is 0.305 e. The van der Waals surface area contributed by atoms with Gasteiger partial charge < -0.3 is 15.2 Å². The molecule has 0 saturated heterocycles. The second-order valence-corrected chi connectivity index (χ2v) is 4.87. The van der Waals surface area contributed by atoms with Gasteiger partial charge in [0.15, 0.2) is 0 Å². The average molecular weight is 330 g/mol. The average Bonchev–Trinajstić information content (AvgIpc) is 2.36. The number of carboxylic acids is 1. The molecule has 0 aliphatic carbocycles. The molecule has 0 unspecified atom stereocenters. The Morgan fingerprint density at radius 2 is 2.11 bits per heavy atom. The van der Waals surface area contributed by atoms with Gasteiger partial charge in [0.1, 0.15) is 5.75 Å². The Bertz CT molecular complexity index is 462. The van der Waals surface area contributed by atoms with Gasteiger partial charge in [-0.05, 0) is 30.2 Å². The van der Waals surface area contributed by atoms with E-state index in [4.69, 9.17) is 9.84 Å². The monoisotopic (exact) mass is 329 g/mol. The molecule has 0 bridgehead atoms. The molecule has 0 aliphatic heterocycles. The van der Waals surface area contributed by atoms with Gasteiger partial charge in [-0.3, -0.25) is 9.59 Å². The fourth-order valence-electron chi connectivity index (χ4n) is 1.59. The second-order valence-electron chi connectivity index (χ2n) is 3.95. The molecule has 19 heavy (non-hydrogen) atoms. The molecule has 1 aromatic rings. The molecule has 6 heteroatoms. The maximum absolute atomic E-state index is 11.5. The fraction of sp³-hybridized carbons (Fsp3) is 0.385. The number of benzene rings is 1. The minimum absolute atomic E-state index is 0.0635. The van der Waals surface area contributed by atoms with E-state index in [1.54, 1.807) is 7.11 Å². The summed E-state index contributed by atoms with van der Waals surface area (Å²) in [6, 6.07) is 5.61. The fourth-order valence-corrected chi connectivity index (χ4v) is 2.00. The van der Waals surface area contributed by atoms with Crippen molar-refractivity contribution in [3.8, 4) is 5.75 Å². The van der Waals surface area contributed by atoms with Crippen molar-refractivity contribution in [2.75, 3.05) is 13.7 Å². The minimum Gasteiger partial charge on any atom is -0.496 e. The van der Waals surface area contributed by atoms with Gasteiger partial charge in [0.05, 0.1) is 13.5 Å². The Morgan fingerprint density at radius 1 is 1.37 bits per heavy atom. The zero-order valence-electron chi connectivity index (χ0n) is 10.6. The highest BCUT2D eigenvalue weighted by molar-refractivity contribution is 9.10. The molecule has 104 valence electrons. The molecule has 0 spiro atoms. The van der Waals surface area contributed by atoms with Crippen LogP contribution in [0.15, 0.2) is 22.7 Å². The molecule has 0 aliphatic rings. The van der Waals surface area contributed by atoms with E-state index in [0.717, 1.165) is 15.8 Å². The first kappa shape index (κ1) is 15.5. The van der Waals surface area contributed by atoms with Crippen LogP contribution < -0.4 is 10.1 Å². The van der Waals surface area contributed by atoms with Crippen LogP contribution >= 0.6 is 15.9 Å². The van der Waals surface area contributed by atoms with Crippen LogP contribution in [-0.4, -0.2) is 30.6 Å². The molecule has 0 atom stereocenters. The van der Waals surface area contributed by atoms with Gasteiger partial charge in [0, 0.05) is 17.4 Å². The van der Waals surface area contributed by atoms with E-state index in [9.17, 15) is 9.59 Å². The molecule has 0 aromatic heterocycles. The van der Waals surface area contributed by atoms with Crippen LogP contribution in [0.2, 0.25) is 0 Å². The third kappa shape index (κ3) is 5.74. The first-order chi connectivity index (χ1) is 9.02. The van der Waals surface area contributed by atoms with E-state index < -0.39 is 5.97 Å². The number of aryl methyl sites for hydroxylation is 1. The zero-order chi connectivity index (χ0) is 14.3. The van der Waals surface area contributed by atoms with Crippen molar-refractivity contribution in [3.05, 3.63) is 28.2 Å². The lowest BCUT2D eigenvalue weighted by Crippen LogP contribution is -2.26. The minimum atomic E-state index is -0.922. The number of carboxylic acid groups (broad SMARTS) is 1. The van der Waals surface area contributed by atoms with Crippen molar-refractivity contribution in [2.45, 2.75) is 19.3 Å². The number of hydrogen-bond donors (Lipinski definition) is 2. The Kier molecular flexibility index (Phi) is 6.35. The van der Waals surface area contributed by atoms with Gasteiger partial charge in [0.2, 0.25) is 5.91 Å². The third-order valence-electron chi connectivity index (χ3n) is 2.52. The van der Waals surface area contributed by atoms with E-state index in [1.807, 2.05) is 18.2 Å². The van der Waals surface area contributed by atoms with Crippen LogP contribution in [-0.2, 0) is 16.0 Å². The SMILES string of the molecule is COc1ccc(Br)cc1CCC(=O)NCCC(=O)O. The van der Waals surface area contributed by atoms with Gasteiger partial charge >= 0.3 is 5.97 Å². The highest BCUT2D eigenvalue weighted by Crippen LogP contribution is 2.24. The normalized spacial score (nSPS) is 10.0. The van der Waals surface area contributed by atoms with E-state index in [-0.39, 0.29) is 18.9 Å². The van der Waals surface area contributed by atoms with E-state index in [1.165, 1.54) is 0 Å². The smallest absolute Gasteiger partial charge is 0.305 e. The number of carbonyl (C=O) groups is 2. The lowest BCUT2D eigenvalue weighted by Gasteiger charge is -2.09. The predicted octanol–water partition coefficient (Wildman–Crippen LogP) is 1.98. The van der Waals surface area contributed by atoms with Crippen molar-refractivity contribution in [1.82, 2.24) is 5.32 Å².